The van der Waals surface area contributed by atoms with E-state index in [1.54, 1.807) is 6.20 Å². The molecule has 2 aromatic rings. The van der Waals surface area contributed by atoms with Gasteiger partial charge in [0.15, 0.2) is 5.95 Å². The number of aromatic amines is 1. The molecular formula is C8H11N5. The van der Waals surface area contributed by atoms with Crippen molar-refractivity contribution in [1.82, 2.24) is 19.7 Å². The molecule has 0 atom stereocenters. The summed E-state index contributed by atoms with van der Waals surface area (Å²) >= 11 is 0. The molecule has 0 aliphatic rings. The standard InChI is InChI=1S/C8H11N5/c1-2-13-4-3-6(12-13)7-5-10-8(9)11-7/h3-5H,2H2,1H3,(H3,9,10,11). The molecule has 0 saturated heterocycles. The number of hydrogen-bond donors (Lipinski definition) is 2. The number of anilines is 1. The number of nitrogens with two attached hydrogens (primary N) is 1. The Hall–Kier alpha value is -1.78. The zero-order chi connectivity index (χ0) is 9.26. The molecule has 0 aliphatic heterocycles. The molecular weight excluding hydrogens is 166 g/mol. The molecule has 0 radical (unpaired) electrons. The van der Waals surface area contributed by atoms with Gasteiger partial charge in [0, 0.05) is 12.7 Å². The maximum Gasteiger partial charge on any atom is 0.197 e. The van der Waals surface area contributed by atoms with Crippen LogP contribution < -0.4 is 5.73 Å². The molecule has 0 aliphatic carbocycles. The molecule has 2 aromatic heterocycles. The number of nitrogens with zero attached hydrogens (tertiary/aromatic N) is 3. The zero-order valence-corrected chi connectivity index (χ0v) is 7.36. The predicted molar refractivity (Wildman–Crippen MR) is 49.9 cm³/mol. The van der Waals surface area contributed by atoms with Crippen molar-refractivity contribution in [3.8, 4) is 11.4 Å². The first-order valence-corrected chi connectivity index (χ1v) is 4.14. The van der Waals surface area contributed by atoms with E-state index in [1.165, 1.54) is 0 Å². The van der Waals surface area contributed by atoms with Crippen molar-refractivity contribution in [3.63, 3.8) is 0 Å². The van der Waals surface area contributed by atoms with Gasteiger partial charge in [-0.2, -0.15) is 5.10 Å². The lowest BCUT2D eigenvalue weighted by molar-refractivity contribution is 0.662. The second kappa shape index (κ2) is 2.93. The van der Waals surface area contributed by atoms with Crippen molar-refractivity contribution in [2.45, 2.75) is 13.5 Å². The molecule has 0 bridgehead atoms. The summed E-state index contributed by atoms with van der Waals surface area (Å²) in [7, 11) is 0. The third kappa shape index (κ3) is 1.40. The Morgan fingerprint density at radius 1 is 1.62 bits per heavy atom. The fraction of sp³-hybridized carbons (Fsp3) is 0.250. The van der Waals surface area contributed by atoms with Gasteiger partial charge in [-0.1, -0.05) is 0 Å². The van der Waals surface area contributed by atoms with Crippen molar-refractivity contribution in [2.24, 2.45) is 0 Å². The molecule has 68 valence electrons. The molecule has 0 amide bonds. The lowest BCUT2D eigenvalue weighted by atomic mass is 10.3. The number of H-pyrrole nitrogens is 1. The molecule has 0 spiro atoms. The Kier molecular flexibility index (Phi) is 1.77. The van der Waals surface area contributed by atoms with E-state index in [9.17, 15) is 0 Å². The van der Waals surface area contributed by atoms with E-state index in [1.807, 2.05) is 23.9 Å². The predicted octanol–water partition coefficient (Wildman–Crippen LogP) is 0.875. The third-order valence-corrected chi connectivity index (χ3v) is 1.84. The van der Waals surface area contributed by atoms with Gasteiger partial charge in [0.2, 0.25) is 0 Å². The highest BCUT2D eigenvalue weighted by Crippen LogP contribution is 2.14. The first kappa shape index (κ1) is 7.85. The van der Waals surface area contributed by atoms with Crippen LogP contribution in [0.3, 0.4) is 0 Å². The van der Waals surface area contributed by atoms with E-state index in [4.69, 9.17) is 5.73 Å². The second-order valence-corrected chi connectivity index (χ2v) is 2.74. The van der Waals surface area contributed by atoms with Crippen LogP contribution >= 0.6 is 0 Å². The highest BCUT2D eigenvalue weighted by molar-refractivity contribution is 5.54. The summed E-state index contributed by atoms with van der Waals surface area (Å²) in [6.07, 6.45) is 3.60. The topological polar surface area (TPSA) is 72.5 Å². The van der Waals surface area contributed by atoms with Crippen molar-refractivity contribution >= 4 is 5.95 Å². The van der Waals surface area contributed by atoms with Crippen LogP contribution in [0, 0.1) is 0 Å². The van der Waals surface area contributed by atoms with Gasteiger partial charge in [-0.25, -0.2) is 4.98 Å². The second-order valence-electron chi connectivity index (χ2n) is 2.74. The molecule has 0 fully saturated rings. The molecule has 0 saturated carbocycles. The molecule has 0 aromatic carbocycles. The number of nitrogens with one attached hydrogen (secondary N) is 1. The quantitative estimate of drug-likeness (QED) is 0.715. The van der Waals surface area contributed by atoms with Crippen LogP contribution in [0.1, 0.15) is 6.92 Å². The molecule has 2 rings (SSSR count). The van der Waals surface area contributed by atoms with Crippen LogP contribution in [-0.2, 0) is 6.54 Å². The minimum Gasteiger partial charge on any atom is -0.369 e. The molecule has 5 nitrogen and oxygen atoms in total. The summed E-state index contributed by atoms with van der Waals surface area (Å²) in [6, 6.07) is 1.93. The van der Waals surface area contributed by atoms with Gasteiger partial charge in [0.1, 0.15) is 5.69 Å². The Bertz CT molecular complexity index is 400. The van der Waals surface area contributed by atoms with Gasteiger partial charge in [0.25, 0.3) is 0 Å². The van der Waals surface area contributed by atoms with Crippen LogP contribution in [0.4, 0.5) is 5.95 Å². The minimum atomic E-state index is 0.418. The van der Waals surface area contributed by atoms with Crippen LogP contribution in [0.25, 0.3) is 11.4 Å². The molecule has 3 N–H and O–H groups in total. The van der Waals surface area contributed by atoms with Crippen molar-refractivity contribution < 1.29 is 0 Å². The molecule has 5 heteroatoms. The summed E-state index contributed by atoms with van der Waals surface area (Å²) in [5.41, 5.74) is 7.17. The Labute approximate surface area is 75.6 Å². The van der Waals surface area contributed by atoms with E-state index in [0.29, 0.717) is 5.95 Å². The van der Waals surface area contributed by atoms with Crippen LogP contribution in [0.2, 0.25) is 0 Å². The average molecular weight is 177 g/mol. The highest BCUT2D eigenvalue weighted by Gasteiger charge is 2.03. The summed E-state index contributed by atoms with van der Waals surface area (Å²) in [5, 5.41) is 4.30. The van der Waals surface area contributed by atoms with Gasteiger partial charge in [-0.3, -0.25) is 4.68 Å². The normalized spacial score (nSPS) is 10.5. The summed E-state index contributed by atoms with van der Waals surface area (Å²) in [5.74, 6) is 0.418. The fourth-order valence-electron chi connectivity index (χ4n) is 1.15. The molecule has 0 unspecified atom stereocenters. The molecule has 13 heavy (non-hydrogen) atoms. The Balaban J connectivity index is 2.35. The van der Waals surface area contributed by atoms with Crippen LogP contribution in [-0.4, -0.2) is 19.7 Å². The number of aromatic nitrogens is 4. The van der Waals surface area contributed by atoms with Crippen molar-refractivity contribution in [1.29, 1.82) is 0 Å². The average Bonchev–Trinajstić information content (AvgIpc) is 2.71. The summed E-state index contributed by atoms with van der Waals surface area (Å²) < 4.78 is 1.85. The van der Waals surface area contributed by atoms with Crippen LogP contribution in [0.15, 0.2) is 18.5 Å². The number of hydrogen-bond acceptors (Lipinski definition) is 3. The summed E-state index contributed by atoms with van der Waals surface area (Å²) in [6.45, 7) is 2.90. The third-order valence-electron chi connectivity index (χ3n) is 1.84. The zero-order valence-electron chi connectivity index (χ0n) is 7.36. The monoisotopic (exact) mass is 177 g/mol. The minimum absolute atomic E-state index is 0.418. The van der Waals surface area contributed by atoms with E-state index in [-0.39, 0.29) is 0 Å². The smallest absolute Gasteiger partial charge is 0.197 e. The maximum absolute atomic E-state index is 5.45. The fourth-order valence-corrected chi connectivity index (χ4v) is 1.15. The van der Waals surface area contributed by atoms with E-state index in [2.05, 4.69) is 15.1 Å². The Morgan fingerprint density at radius 3 is 3.00 bits per heavy atom. The van der Waals surface area contributed by atoms with E-state index >= 15 is 0 Å². The number of aryl methyl sites for hydroxylation is 1. The highest BCUT2D eigenvalue weighted by atomic mass is 15.3. The summed E-state index contributed by atoms with van der Waals surface area (Å²) in [4.78, 5) is 6.82. The van der Waals surface area contributed by atoms with Gasteiger partial charge in [-0.05, 0) is 13.0 Å². The van der Waals surface area contributed by atoms with Crippen molar-refractivity contribution in [3.05, 3.63) is 18.5 Å². The number of imidazole rings is 1. The van der Waals surface area contributed by atoms with E-state index in [0.717, 1.165) is 17.9 Å². The van der Waals surface area contributed by atoms with Gasteiger partial charge >= 0.3 is 0 Å². The number of nitrogen functional groups attached to an aromatic ring is 1. The van der Waals surface area contributed by atoms with Crippen LogP contribution in [0.5, 0.6) is 0 Å². The Morgan fingerprint density at radius 2 is 2.46 bits per heavy atom. The first-order chi connectivity index (χ1) is 6.29. The molecule has 2 heterocycles. The maximum atomic E-state index is 5.45. The van der Waals surface area contributed by atoms with Gasteiger partial charge in [0.05, 0.1) is 11.9 Å². The lowest BCUT2D eigenvalue weighted by Gasteiger charge is -1.92. The van der Waals surface area contributed by atoms with Gasteiger partial charge in [-0.15, -0.1) is 0 Å². The number of rotatable bonds is 2. The largest absolute Gasteiger partial charge is 0.369 e. The first-order valence-electron chi connectivity index (χ1n) is 4.14. The van der Waals surface area contributed by atoms with Gasteiger partial charge < -0.3 is 10.7 Å². The van der Waals surface area contributed by atoms with Crippen molar-refractivity contribution in [2.75, 3.05) is 5.73 Å². The SMILES string of the molecule is CCn1ccc(-c2cnc(N)[nH]2)n1. The van der Waals surface area contributed by atoms with E-state index < -0.39 is 0 Å². The lowest BCUT2D eigenvalue weighted by Crippen LogP contribution is -1.94.